The molecule has 0 radical (unpaired) electrons. The summed E-state index contributed by atoms with van der Waals surface area (Å²) >= 11 is 0. The zero-order valence-electron chi connectivity index (χ0n) is 19.8. The van der Waals surface area contributed by atoms with Gasteiger partial charge in [-0.15, -0.1) is 0 Å². The third-order valence-electron chi connectivity index (χ3n) is 6.97. The van der Waals surface area contributed by atoms with Crippen LogP contribution in [0.15, 0.2) is 48.5 Å². The van der Waals surface area contributed by atoms with Crippen molar-refractivity contribution in [1.29, 1.82) is 0 Å². The van der Waals surface area contributed by atoms with Crippen LogP contribution in [0.5, 0.6) is 0 Å². The summed E-state index contributed by atoms with van der Waals surface area (Å²) in [7, 11) is 0. The van der Waals surface area contributed by atoms with E-state index in [0.717, 1.165) is 12.1 Å². The van der Waals surface area contributed by atoms with E-state index >= 15 is 17.6 Å². The van der Waals surface area contributed by atoms with Gasteiger partial charge in [0.15, 0.2) is 34.9 Å². The van der Waals surface area contributed by atoms with E-state index in [9.17, 15) is 8.78 Å². The van der Waals surface area contributed by atoms with Gasteiger partial charge in [0.1, 0.15) is 0 Å². The highest BCUT2D eigenvalue weighted by Crippen LogP contribution is 2.42. The molecule has 0 N–H and O–H groups in total. The quantitative estimate of drug-likeness (QED) is 0.184. The Morgan fingerprint density at radius 2 is 0.889 bits per heavy atom. The molecule has 5 rings (SSSR count). The number of benzene rings is 2. The molecular weight excluding hydrogens is 478 g/mol. The smallest absolute Gasteiger partial charge is 0.195 e. The minimum absolute atomic E-state index is 0.0219. The molecule has 2 aromatic heterocycles. The van der Waals surface area contributed by atoms with Crippen molar-refractivity contribution in [3.05, 3.63) is 106 Å². The van der Waals surface area contributed by atoms with Gasteiger partial charge >= 0.3 is 0 Å². The summed E-state index contributed by atoms with van der Waals surface area (Å²) in [6.45, 7) is 6.18. The van der Waals surface area contributed by atoms with Crippen LogP contribution in [0.2, 0.25) is 0 Å². The van der Waals surface area contributed by atoms with Gasteiger partial charge in [-0.2, -0.15) is 0 Å². The number of halogens is 6. The van der Waals surface area contributed by atoms with Crippen molar-refractivity contribution in [2.45, 2.75) is 38.5 Å². The minimum Gasteiger partial charge on any atom is -0.252 e. The maximum absolute atomic E-state index is 15.1. The highest BCUT2D eigenvalue weighted by atomic mass is 19.2. The molecule has 1 aliphatic rings. The first-order valence-electron chi connectivity index (χ1n) is 11.2. The van der Waals surface area contributed by atoms with E-state index in [0.29, 0.717) is 11.4 Å². The lowest BCUT2D eigenvalue weighted by Gasteiger charge is -2.29. The van der Waals surface area contributed by atoms with Crippen LogP contribution < -0.4 is 0 Å². The third kappa shape index (κ3) is 3.34. The Kier molecular flexibility index (Phi) is 5.28. The summed E-state index contributed by atoms with van der Waals surface area (Å²) in [5, 5.41) is 0. The van der Waals surface area contributed by atoms with Gasteiger partial charge in [0, 0.05) is 33.1 Å². The van der Waals surface area contributed by atoms with E-state index in [1.54, 1.807) is 38.1 Å². The Morgan fingerprint density at radius 3 is 1.28 bits per heavy atom. The Balaban J connectivity index is 1.98. The number of rotatable bonds is 0. The SMILES string of the molecule is CC1(C)c2cccc(n2)-c2cc(c(F)c(F)c2F)C(C)(C)c2cc(c(F)c(F)c2F)-c2cccc1n2. The molecule has 0 fully saturated rings. The molecule has 8 heteroatoms. The Morgan fingerprint density at radius 1 is 0.500 bits per heavy atom. The molecule has 0 spiro atoms. The maximum Gasteiger partial charge on any atom is 0.195 e. The zero-order chi connectivity index (χ0) is 26.2. The van der Waals surface area contributed by atoms with Gasteiger partial charge in [-0.25, -0.2) is 26.3 Å². The molecular formula is C28H20F6N2. The normalized spacial score (nSPS) is 15.4. The van der Waals surface area contributed by atoms with E-state index in [2.05, 4.69) is 9.97 Å². The monoisotopic (exact) mass is 498 g/mol. The van der Waals surface area contributed by atoms with Crippen LogP contribution >= 0.6 is 0 Å². The van der Waals surface area contributed by atoms with E-state index in [-0.39, 0.29) is 22.5 Å². The highest BCUT2D eigenvalue weighted by molar-refractivity contribution is 5.66. The van der Waals surface area contributed by atoms with Gasteiger partial charge in [-0.05, 0) is 50.2 Å². The van der Waals surface area contributed by atoms with Crippen LogP contribution in [-0.4, -0.2) is 9.97 Å². The molecule has 0 aliphatic carbocycles. The molecule has 2 nitrogen and oxygen atoms in total. The molecule has 0 amide bonds. The number of aromatic nitrogens is 2. The van der Waals surface area contributed by atoms with E-state index < -0.39 is 56.9 Å². The van der Waals surface area contributed by atoms with Gasteiger partial charge in [-0.1, -0.05) is 26.0 Å². The lowest BCUT2D eigenvalue weighted by molar-refractivity contribution is 0.412. The van der Waals surface area contributed by atoms with E-state index in [1.165, 1.54) is 26.0 Å². The van der Waals surface area contributed by atoms with Crippen molar-refractivity contribution in [3.63, 3.8) is 0 Å². The summed E-state index contributed by atoms with van der Waals surface area (Å²) in [6.07, 6.45) is 0. The van der Waals surface area contributed by atoms with Crippen LogP contribution in [0.1, 0.15) is 50.2 Å². The second-order valence-corrected chi connectivity index (χ2v) is 9.89. The van der Waals surface area contributed by atoms with Gasteiger partial charge in [0.05, 0.1) is 22.8 Å². The second kappa shape index (κ2) is 7.91. The number of fused-ring (bicyclic) bond motifs is 10. The van der Waals surface area contributed by atoms with E-state index in [1.807, 2.05) is 0 Å². The zero-order valence-corrected chi connectivity index (χ0v) is 19.8. The van der Waals surface area contributed by atoms with Crippen molar-refractivity contribution in [2.75, 3.05) is 0 Å². The first kappa shape index (κ1) is 24.0. The fraction of sp³-hybridized carbons (Fsp3) is 0.214. The van der Waals surface area contributed by atoms with Crippen molar-refractivity contribution in [3.8, 4) is 22.5 Å². The number of hydrogen-bond acceptors (Lipinski definition) is 2. The van der Waals surface area contributed by atoms with Crippen LogP contribution in [0, 0.1) is 34.9 Å². The van der Waals surface area contributed by atoms with E-state index in [4.69, 9.17) is 0 Å². The summed E-state index contributed by atoms with van der Waals surface area (Å²) in [5.41, 5.74) is -3.35. The summed E-state index contributed by atoms with van der Waals surface area (Å²) in [4.78, 5) is 9.04. The molecule has 0 saturated carbocycles. The van der Waals surface area contributed by atoms with Gasteiger partial charge < -0.3 is 0 Å². The summed E-state index contributed by atoms with van der Waals surface area (Å²) in [6, 6.07) is 11.5. The lowest BCUT2D eigenvalue weighted by Crippen LogP contribution is -2.26. The molecule has 0 saturated heterocycles. The predicted octanol–water partition coefficient (Wildman–Crippen LogP) is 7.61. The van der Waals surface area contributed by atoms with Crippen molar-refractivity contribution < 1.29 is 26.3 Å². The number of hydrogen-bond donors (Lipinski definition) is 0. The van der Waals surface area contributed by atoms with Crippen molar-refractivity contribution in [1.82, 2.24) is 9.97 Å². The Bertz CT molecular complexity index is 1450. The molecule has 0 unspecified atom stereocenters. The predicted molar refractivity (Wildman–Crippen MR) is 123 cm³/mol. The number of pyridine rings is 2. The minimum atomic E-state index is -1.77. The van der Waals surface area contributed by atoms with Crippen molar-refractivity contribution >= 4 is 0 Å². The molecule has 8 bridgehead atoms. The first-order valence-corrected chi connectivity index (χ1v) is 11.2. The van der Waals surface area contributed by atoms with Crippen LogP contribution in [-0.2, 0) is 10.8 Å². The third-order valence-corrected chi connectivity index (χ3v) is 6.97. The van der Waals surface area contributed by atoms with Crippen molar-refractivity contribution in [2.24, 2.45) is 0 Å². The first-order chi connectivity index (χ1) is 16.9. The largest absolute Gasteiger partial charge is 0.252 e. The topological polar surface area (TPSA) is 25.8 Å². The highest BCUT2D eigenvalue weighted by Gasteiger charge is 2.37. The Hall–Kier alpha value is -3.68. The molecule has 36 heavy (non-hydrogen) atoms. The molecule has 4 aromatic rings. The fourth-order valence-electron chi connectivity index (χ4n) is 4.63. The average molecular weight is 498 g/mol. The molecule has 184 valence electrons. The fourth-order valence-corrected chi connectivity index (χ4v) is 4.63. The molecule has 2 aromatic carbocycles. The molecule has 0 atom stereocenters. The van der Waals surface area contributed by atoms with Gasteiger partial charge in [-0.3, -0.25) is 9.97 Å². The number of nitrogens with zero attached hydrogens (tertiary/aromatic N) is 2. The van der Waals surface area contributed by atoms with Gasteiger partial charge in [0.2, 0.25) is 0 Å². The lowest BCUT2D eigenvalue weighted by atomic mass is 9.75. The maximum atomic E-state index is 15.1. The Labute approximate surface area is 203 Å². The summed E-state index contributed by atoms with van der Waals surface area (Å²) < 4.78 is 90.1. The molecule has 1 aliphatic heterocycles. The van der Waals surface area contributed by atoms with Crippen LogP contribution in [0.25, 0.3) is 22.5 Å². The summed E-state index contributed by atoms with van der Waals surface area (Å²) in [5.74, 6) is -9.60. The van der Waals surface area contributed by atoms with Crippen LogP contribution in [0.3, 0.4) is 0 Å². The standard InChI is InChI=1S/C28H20F6N2/c1-27(2)15-11-13(21(29)25(33)23(15)31)17-7-5-9-19(35-17)28(3,4)20-10-6-8-18(36-20)14-12-16(27)24(32)26(34)22(14)30/h5-12H,1-4H3. The average Bonchev–Trinajstić information content (AvgIpc) is 2.85. The molecule has 3 heterocycles. The second-order valence-electron chi connectivity index (χ2n) is 9.89. The van der Waals surface area contributed by atoms with Gasteiger partial charge in [0.25, 0.3) is 0 Å². The van der Waals surface area contributed by atoms with Crippen LogP contribution in [0.4, 0.5) is 26.3 Å².